The summed E-state index contributed by atoms with van der Waals surface area (Å²) in [4.78, 5) is 27.3. The average Bonchev–Trinajstić information content (AvgIpc) is 3.18. The van der Waals surface area contributed by atoms with Gasteiger partial charge < -0.3 is 15.5 Å². The molecular weight excluding hydrogens is 426 g/mol. The summed E-state index contributed by atoms with van der Waals surface area (Å²) >= 11 is 0. The van der Waals surface area contributed by atoms with Crippen molar-refractivity contribution in [2.75, 3.05) is 18.4 Å². The van der Waals surface area contributed by atoms with E-state index < -0.39 is 0 Å². The highest BCUT2D eigenvalue weighted by atomic mass is 16.2. The number of benzene rings is 2. The first-order valence-corrected chi connectivity index (χ1v) is 11.6. The zero-order valence-corrected chi connectivity index (χ0v) is 21.0. The largest absolute Gasteiger partial charge is 0.338 e. The maximum Gasteiger partial charge on any atom is 0.318 e. The number of amides is 3. The molecule has 3 aromatic rings. The molecule has 0 atom stereocenters. The number of urea groups is 1. The Morgan fingerprint density at radius 1 is 1.03 bits per heavy atom. The first kappa shape index (κ1) is 25.0. The van der Waals surface area contributed by atoms with Crippen molar-refractivity contribution in [1.29, 1.82) is 0 Å². The molecule has 1 aromatic heterocycles. The minimum Gasteiger partial charge on any atom is -0.338 e. The lowest BCUT2D eigenvalue weighted by Gasteiger charge is -2.22. The Morgan fingerprint density at radius 3 is 2.35 bits per heavy atom. The normalized spacial score (nSPS) is 11.2. The van der Waals surface area contributed by atoms with Crippen molar-refractivity contribution in [3.05, 3.63) is 77.0 Å². The highest BCUT2D eigenvalue weighted by Gasteiger charge is 2.23. The molecule has 0 aliphatic carbocycles. The van der Waals surface area contributed by atoms with Gasteiger partial charge in [-0.25, -0.2) is 9.48 Å². The number of nitrogens with zero attached hydrogens (tertiary/aromatic N) is 3. The summed E-state index contributed by atoms with van der Waals surface area (Å²) in [5.41, 5.74) is 4.76. The van der Waals surface area contributed by atoms with Crippen molar-refractivity contribution in [1.82, 2.24) is 20.0 Å². The second-order valence-corrected chi connectivity index (χ2v) is 9.59. The van der Waals surface area contributed by atoms with Gasteiger partial charge in [0.25, 0.3) is 0 Å². The van der Waals surface area contributed by atoms with Gasteiger partial charge in [-0.3, -0.25) is 4.79 Å². The number of aryl methyl sites for hydroxylation is 2. The summed E-state index contributed by atoms with van der Waals surface area (Å²) < 4.78 is 1.78. The van der Waals surface area contributed by atoms with Crippen LogP contribution in [0.2, 0.25) is 0 Å². The zero-order chi connectivity index (χ0) is 24.9. The second-order valence-electron chi connectivity index (χ2n) is 9.59. The van der Waals surface area contributed by atoms with Crippen LogP contribution in [0.1, 0.15) is 50.1 Å². The van der Waals surface area contributed by atoms with E-state index in [-0.39, 0.29) is 23.9 Å². The topological polar surface area (TPSA) is 79.3 Å². The first-order chi connectivity index (χ1) is 16.1. The third-order valence-corrected chi connectivity index (χ3v) is 5.49. The van der Waals surface area contributed by atoms with Gasteiger partial charge in [0.15, 0.2) is 0 Å². The van der Waals surface area contributed by atoms with Crippen LogP contribution in [0.5, 0.6) is 0 Å². The molecule has 2 N–H and O–H groups in total. The van der Waals surface area contributed by atoms with Crippen molar-refractivity contribution in [2.45, 2.75) is 53.5 Å². The Morgan fingerprint density at radius 2 is 1.74 bits per heavy atom. The second kappa shape index (κ2) is 10.5. The highest BCUT2D eigenvalue weighted by molar-refractivity contribution is 5.94. The molecule has 0 aliphatic heterocycles. The fourth-order valence-corrected chi connectivity index (χ4v) is 3.69. The van der Waals surface area contributed by atoms with Crippen LogP contribution < -0.4 is 10.6 Å². The van der Waals surface area contributed by atoms with E-state index in [9.17, 15) is 9.59 Å². The van der Waals surface area contributed by atoms with Crippen LogP contribution in [0.3, 0.4) is 0 Å². The molecule has 0 unspecified atom stereocenters. The van der Waals surface area contributed by atoms with Gasteiger partial charge in [0.05, 0.1) is 11.4 Å². The number of hydrogen-bond acceptors (Lipinski definition) is 3. The molecule has 0 radical (unpaired) electrons. The van der Waals surface area contributed by atoms with Crippen LogP contribution in [0.15, 0.2) is 54.6 Å². The molecular formula is C27H35N5O2. The van der Waals surface area contributed by atoms with Gasteiger partial charge in [0.2, 0.25) is 5.91 Å². The van der Waals surface area contributed by atoms with E-state index in [4.69, 9.17) is 5.10 Å². The number of hydrogen-bond donors (Lipinski definition) is 2. The number of anilines is 1. The van der Waals surface area contributed by atoms with Crippen LogP contribution in [-0.2, 0) is 16.8 Å². The van der Waals surface area contributed by atoms with E-state index in [1.54, 1.807) is 4.68 Å². The summed E-state index contributed by atoms with van der Waals surface area (Å²) in [7, 11) is 0. The van der Waals surface area contributed by atoms with Gasteiger partial charge in [-0.2, -0.15) is 5.10 Å². The van der Waals surface area contributed by atoms with Gasteiger partial charge in [-0.15, -0.1) is 0 Å². The van der Waals surface area contributed by atoms with Crippen LogP contribution in [-0.4, -0.2) is 39.7 Å². The fraction of sp³-hybridized carbons (Fsp3) is 0.370. The molecule has 0 saturated heterocycles. The van der Waals surface area contributed by atoms with Crippen molar-refractivity contribution >= 4 is 17.8 Å². The van der Waals surface area contributed by atoms with E-state index in [1.165, 1.54) is 4.90 Å². The van der Waals surface area contributed by atoms with Crippen LogP contribution in [0.25, 0.3) is 5.69 Å². The number of carbonyl (C=O) groups is 2. The summed E-state index contributed by atoms with van der Waals surface area (Å²) in [5, 5.41) is 10.6. The van der Waals surface area contributed by atoms with Crippen LogP contribution in [0, 0.1) is 13.8 Å². The molecule has 0 spiro atoms. The number of carbonyl (C=O) groups excluding carboxylic acids is 2. The Hall–Kier alpha value is -3.61. The lowest BCUT2D eigenvalue weighted by molar-refractivity contribution is -0.116. The third kappa shape index (κ3) is 6.25. The molecule has 0 aliphatic rings. The average molecular weight is 462 g/mol. The van der Waals surface area contributed by atoms with Crippen LogP contribution >= 0.6 is 0 Å². The van der Waals surface area contributed by atoms with Crippen molar-refractivity contribution in [3.8, 4) is 5.69 Å². The summed E-state index contributed by atoms with van der Waals surface area (Å²) in [5.74, 6) is 0.297. The third-order valence-electron chi connectivity index (χ3n) is 5.49. The standard InChI is InChI=1S/C27H35N5O2/c1-7-28-26(34)31(17-21-11-9-8-10-12-21)18-25(33)29-24-16-23(27(4,5)6)30-32(24)22-14-13-19(2)15-20(22)3/h8-16H,7,17-18H2,1-6H3,(H,28,34)(H,29,33). The molecule has 180 valence electrons. The van der Waals surface area contributed by atoms with E-state index in [0.717, 1.165) is 28.1 Å². The van der Waals surface area contributed by atoms with E-state index in [1.807, 2.05) is 69.3 Å². The highest BCUT2D eigenvalue weighted by Crippen LogP contribution is 2.27. The molecule has 0 bridgehead atoms. The van der Waals surface area contributed by atoms with Crippen molar-refractivity contribution < 1.29 is 9.59 Å². The molecule has 0 saturated carbocycles. The van der Waals surface area contributed by atoms with E-state index >= 15 is 0 Å². The van der Waals surface area contributed by atoms with Gasteiger partial charge in [0.1, 0.15) is 12.4 Å². The molecule has 7 heteroatoms. The number of aromatic nitrogens is 2. The number of nitrogens with one attached hydrogen (secondary N) is 2. The van der Waals surface area contributed by atoms with Crippen LogP contribution in [0.4, 0.5) is 10.6 Å². The molecule has 3 rings (SSSR count). The SMILES string of the molecule is CCNC(=O)N(CC(=O)Nc1cc(C(C)(C)C)nn1-c1ccc(C)cc1C)Cc1ccccc1. The Labute approximate surface area is 202 Å². The quantitative estimate of drug-likeness (QED) is 0.522. The fourth-order valence-electron chi connectivity index (χ4n) is 3.69. The van der Waals surface area contributed by atoms with Crippen molar-refractivity contribution in [3.63, 3.8) is 0 Å². The predicted molar refractivity (Wildman–Crippen MR) is 136 cm³/mol. The Kier molecular flexibility index (Phi) is 7.76. The van der Waals surface area contributed by atoms with Gasteiger partial charge in [0, 0.05) is 24.6 Å². The molecule has 1 heterocycles. The van der Waals surface area contributed by atoms with Gasteiger partial charge in [-0.1, -0.05) is 68.8 Å². The lowest BCUT2D eigenvalue weighted by atomic mass is 9.92. The summed E-state index contributed by atoms with van der Waals surface area (Å²) in [6, 6.07) is 17.4. The first-order valence-electron chi connectivity index (χ1n) is 11.6. The monoisotopic (exact) mass is 461 g/mol. The van der Waals surface area contributed by atoms with Gasteiger partial charge in [-0.05, 0) is 38.0 Å². The molecule has 3 amide bonds. The molecule has 0 fully saturated rings. The molecule has 7 nitrogen and oxygen atoms in total. The predicted octanol–water partition coefficient (Wildman–Crippen LogP) is 4.96. The molecule has 34 heavy (non-hydrogen) atoms. The maximum atomic E-state index is 13.1. The van der Waals surface area contributed by atoms with E-state index in [2.05, 4.69) is 37.5 Å². The lowest BCUT2D eigenvalue weighted by Crippen LogP contribution is -2.43. The number of rotatable bonds is 7. The Balaban J connectivity index is 1.88. The summed E-state index contributed by atoms with van der Waals surface area (Å²) in [6.07, 6.45) is 0. The summed E-state index contributed by atoms with van der Waals surface area (Å²) in [6.45, 7) is 12.9. The Bertz CT molecular complexity index is 1150. The van der Waals surface area contributed by atoms with E-state index in [0.29, 0.717) is 18.9 Å². The zero-order valence-electron chi connectivity index (χ0n) is 21.0. The van der Waals surface area contributed by atoms with Crippen molar-refractivity contribution in [2.24, 2.45) is 0 Å². The smallest absolute Gasteiger partial charge is 0.318 e. The minimum atomic E-state index is -0.284. The maximum absolute atomic E-state index is 13.1. The molecule has 2 aromatic carbocycles. The minimum absolute atomic E-state index is 0.0797. The van der Waals surface area contributed by atoms with Gasteiger partial charge >= 0.3 is 6.03 Å².